The van der Waals surface area contributed by atoms with Crippen molar-refractivity contribution in [3.05, 3.63) is 35.9 Å². The van der Waals surface area contributed by atoms with Crippen LogP contribution in [0.4, 0.5) is 0 Å². The second kappa shape index (κ2) is 10.5. The van der Waals surface area contributed by atoms with Gasteiger partial charge >= 0.3 is 5.97 Å². The number of amides is 2. The number of esters is 1. The van der Waals surface area contributed by atoms with Gasteiger partial charge in [0.25, 0.3) is 0 Å². The molecule has 1 rings (SSSR count). The second-order valence-corrected chi connectivity index (χ2v) is 6.38. The average molecular weight is 348 g/mol. The molecule has 6 nitrogen and oxygen atoms in total. The number of nitrogens with one attached hydrogen (secondary N) is 2. The summed E-state index contributed by atoms with van der Waals surface area (Å²) >= 11 is 0. The van der Waals surface area contributed by atoms with Crippen molar-refractivity contribution >= 4 is 17.8 Å². The van der Waals surface area contributed by atoms with Crippen molar-refractivity contribution < 1.29 is 19.1 Å². The highest BCUT2D eigenvalue weighted by Gasteiger charge is 2.27. The number of carbonyl (C=O) groups excluding carboxylic acids is 3. The average Bonchev–Trinajstić information content (AvgIpc) is 2.60. The summed E-state index contributed by atoms with van der Waals surface area (Å²) < 4.78 is 4.81. The van der Waals surface area contributed by atoms with Gasteiger partial charge in [-0.3, -0.25) is 9.59 Å². The molecule has 2 N–H and O–H groups in total. The Bertz CT molecular complexity index is 572. The Hall–Kier alpha value is -2.37. The van der Waals surface area contributed by atoms with E-state index in [-0.39, 0.29) is 17.7 Å². The number of hydrogen-bond donors (Lipinski definition) is 2. The molecule has 0 aliphatic carbocycles. The van der Waals surface area contributed by atoms with Crippen molar-refractivity contribution in [2.24, 2.45) is 5.92 Å². The molecule has 6 heteroatoms. The lowest BCUT2D eigenvalue weighted by atomic mass is 10.0. The fourth-order valence-corrected chi connectivity index (χ4v) is 2.46. The van der Waals surface area contributed by atoms with Crippen LogP contribution in [0.25, 0.3) is 0 Å². The van der Waals surface area contributed by atoms with Crippen LogP contribution >= 0.6 is 0 Å². The summed E-state index contributed by atoms with van der Waals surface area (Å²) in [6, 6.07) is 7.92. The number of rotatable bonds is 9. The van der Waals surface area contributed by atoms with Crippen LogP contribution in [0.3, 0.4) is 0 Å². The van der Waals surface area contributed by atoms with E-state index in [4.69, 9.17) is 4.74 Å². The van der Waals surface area contributed by atoms with E-state index in [1.165, 1.54) is 7.11 Å². The molecule has 1 aromatic carbocycles. The summed E-state index contributed by atoms with van der Waals surface area (Å²) in [5.41, 5.74) is 0.913. The largest absolute Gasteiger partial charge is 0.467 e. The molecular formula is C19H28N2O4. The van der Waals surface area contributed by atoms with E-state index in [0.717, 1.165) is 5.56 Å². The van der Waals surface area contributed by atoms with E-state index >= 15 is 0 Å². The summed E-state index contributed by atoms with van der Waals surface area (Å²) in [5, 5.41) is 5.44. The zero-order valence-corrected chi connectivity index (χ0v) is 15.4. The van der Waals surface area contributed by atoms with Gasteiger partial charge in [-0.1, -0.05) is 51.1 Å². The van der Waals surface area contributed by atoms with Crippen molar-refractivity contribution in [1.29, 1.82) is 0 Å². The van der Waals surface area contributed by atoms with Gasteiger partial charge < -0.3 is 15.4 Å². The van der Waals surface area contributed by atoms with Crippen molar-refractivity contribution in [1.82, 2.24) is 10.6 Å². The van der Waals surface area contributed by atoms with Crippen LogP contribution < -0.4 is 10.6 Å². The van der Waals surface area contributed by atoms with E-state index in [9.17, 15) is 14.4 Å². The quantitative estimate of drug-likeness (QED) is 0.667. The maximum atomic E-state index is 12.6. The van der Waals surface area contributed by atoms with Crippen molar-refractivity contribution in [2.45, 2.75) is 52.1 Å². The molecule has 0 radical (unpaired) electrons. The molecule has 1 aromatic rings. The lowest BCUT2D eigenvalue weighted by Crippen LogP contribution is -2.52. The summed E-state index contributed by atoms with van der Waals surface area (Å²) in [4.78, 5) is 36.4. The van der Waals surface area contributed by atoms with Crippen LogP contribution in [0.5, 0.6) is 0 Å². The first-order valence-electron chi connectivity index (χ1n) is 8.58. The van der Waals surface area contributed by atoms with Gasteiger partial charge in [-0.15, -0.1) is 0 Å². The maximum absolute atomic E-state index is 12.6. The Kier molecular flexibility index (Phi) is 8.67. The number of hydrogen-bond acceptors (Lipinski definition) is 4. The SMILES string of the molecule is CCC(=O)NC(CC(C)C)C(=O)N[C@@H](Cc1ccccc1)C(=O)OC. The molecule has 0 saturated carbocycles. The molecule has 0 fully saturated rings. The molecule has 2 atom stereocenters. The Balaban J connectivity index is 2.85. The first-order chi connectivity index (χ1) is 11.9. The lowest BCUT2D eigenvalue weighted by molar-refractivity contribution is -0.145. The van der Waals surface area contributed by atoms with Gasteiger partial charge in [0.15, 0.2) is 0 Å². The fraction of sp³-hybridized carbons (Fsp3) is 0.526. The summed E-state index contributed by atoms with van der Waals surface area (Å²) in [6.45, 7) is 5.67. The number of benzene rings is 1. The van der Waals surface area contributed by atoms with Crippen LogP contribution in [0.1, 0.15) is 39.2 Å². The first kappa shape index (κ1) is 20.7. The Morgan fingerprint density at radius 3 is 2.20 bits per heavy atom. The molecule has 0 aliphatic heterocycles. The first-order valence-corrected chi connectivity index (χ1v) is 8.58. The molecular weight excluding hydrogens is 320 g/mol. The molecule has 0 heterocycles. The number of methoxy groups -OCH3 is 1. The van der Waals surface area contributed by atoms with Gasteiger partial charge in [0.2, 0.25) is 11.8 Å². The van der Waals surface area contributed by atoms with E-state index in [0.29, 0.717) is 19.3 Å². The van der Waals surface area contributed by atoms with Crippen LogP contribution in [0.2, 0.25) is 0 Å². The molecule has 0 spiro atoms. The molecule has 138 valence electrons. The van der Waals surface area contributed by atoms with Crippen LogP contribution in [0, 0.1) is 5.92 Å². The van der Waals surface area contributed by atoms with Gasteiger partial charge in [0.1, 0.15) is 12.1 Å². The third-order valence-corrected chi connectivity index (χ3v) is 3.76. The van der Waals surface area contributed by atoms with Crippen molar-refractivity contribution in [2.75, 3.05) is 7.11 Å². The van der Waals surface area contributed by atoms with E-state index in [1.807, 2.05) is 44.2 Å². The minimum atomic E-state index is -0.798. The molecule has 0 aromatic heterocycles. The molecule has 25 heavy (non-hydrogen) atoms. The van der Waals surface area contributed by atoms with E-state index < -0.39 is 18.1 Å². The molecule has 0 saturated heterocycles. The lowest BCUT2D eigenvalue weighted by Gasteiger charge is -2.23. The minimum absolute atomic E-state index is 0.196. The maximum Gasteiger partial charge on any atom is 0.328 e. The topological polar surface area (TPSA) is 84.5 Å². The van der Waals surface area contributed by atoms with Crippen LogP contribution in [-0.4, -0.2) is 37.0 Å². The van der Waals surface area contributed by atoms with E-state index in [1.54, 1.807) is 6.92 Å². The van der Waals surface area contributed by atoms with Gasteiger partial charge in [-0.2, -0.15) is 0 Å². The Morgan fingerprint density at radius 1 is 1.04 bits per heavy atom. The molecule has 2 amide bonds. The van der Waals surface area contributed by atoms with Gasteiger partial charge in [-0.05, 0) is 17.9 Å². The second-order valence-electron chi connectivity index (χ2n) is 6.38. The molecule has 0 aliphatic rings. The highest BCUT2D eigenvalue weighted by atomic mass is 16.5. The summed E-state index contributed by atoms with van der Waals surface area (Å²) in [5.74, 6) is -0.860. The van der Waals surface area contributed by atoms with Crippen LogP contribution in [-0.2, 0) is 25.5 Å². The van der Waals surface area contributed by atoms with E-state index in [2.05, 4.69) is 10.6 Å². The summed E-state index contributed by atoms with van der Waals surface area (Å²) in [6.07, 6.45) is 1.12. The van der Waals surface area contributed by atoms with Crippen LogP contribution in [0.15, 0.2) is 30.3 Å². The smallest absolute Gasteiger partial charge is 0.328 e. The third kappa shape index (κ3) is 7.37. The zero-order chi connectivity index (χ0) is 18.8. The van der Waals surface area contributed by atoms with Gasteiger partial charge in [0, 0.05) is 12.8 Å². The fourth-order valence-electron chi connectivity index (χ4n) is 2.46. The molecule has 1 unspecified atom stereocenters. The predicted octanol–water partition coefficient (Wildman–Crippen LogP) is 1.83. The predicted molar refractivity (Wildman–Crippen MR) is 95.8 cm³/mol. The monoisotopic (exact) mass is 348 g/mol. The summed E-state index contributed by atoms with van der Waals surface area (Å²) in [7, 11) is 1.29. The zero-order valence-electron chi connectivity index (χ0n) is 15.4. The van der Waals surface area contributed by atoms with Gasteiger partial charge in [0.05, 0.1) is 7.11 Å². The minimum Gasteiger partial charge on any atom is -0.467 e. The normalized spacial score (nSPS) is 13.0. The van der Waals surface area contributed by atoms with Gasteiger partial charge in [-0.25, -0.2) is 4.79 Å². The number of carbonyl (C=O) groups is 3. The third-order valence-electron chi connectivity index (χ3n) is 3.76. The van der Waals surface area contributed by atoms with Crippen molar-refractivity contribution in [3.63, 3.8) is 0 Å². The highest BCUT2D eigenvalue weighted by Crippen LogP contribution is 2.08. The van der Waals surface area contributed by atoms with Crippen molar-refractivity contribution in [3.8, 4) is 0 Å². The standard InChI is InChI=1S/C19H28N2O4/c1-5-17(22)20-15(11-13(2)3)18(23)21-16(19(24)25-4)12-14-9-7-6-8-10-14/h6-10,13,15-16H,5,11-12H2,1-4H3,(H,20,22)(H,21,23)/t15?,16-/m0/s1. The Labute approximate surface area is 149 Å². The molecule has 0 bridgehead atoms. The highest BCUT2D eigenvalue weighted by molar-refractivity contribution is 5.90. The Morgan fingerprint density at radius 2 is 1.68 bits per heavy atom. The number of ether oxygens (including phenoxy) is 1.